The highest BCUT2D eigenvalue weighted by Gasteiger charge is 2.51. The Balaban J connectivity index is 1.67. The lowest BCUT2D eigenvalue weighted by atomic mass is 9.66. The summed E-state index contributed by atoms with van der Waals surface area (Å²) in [5.74, 6) is 0.370. The minimum absolute atomic E-state index is 0.207. The predicted molar refractivity (Wildman–Crippen MR) is 68.2 cm³/mol. The Morgan fingerprint density at radius 2 is 2.00 bits per heavy atom. The Labute approximate surface area is 109 Å². The van der Waals surface area contributed by atoms with Gasteiger partial charge in [0.2, 0.25) is 0 Å². The fraction of sp³-hybridized carbons (Fsp3) is 1.00. The van der Waals surface area contributed by atoms with Crippen LogP contribution >= 0.6 is 0 Å². The molecule has 4 nitrogen and oxygen atoms in total. The average molecular weight is 255 g/mol. The van der Waals surface area contributed by atoms with Gasteiger partial charge in [-0.05, 0) is 38.5 Å². The van der Waals surface area contributed by atoms with E-state index in [4.69, 9.17) is 14.6 Å². The normalized spacial score (nSPS) is 43.0. The molecule has 1 saturated carbocycles. The molecule has 104 valence electrons. The van der Waals surface area contributed by atoms with Crippen LogP contribution in [0.5, 0.6) is 0 Å². The number of piperidine rings is 1. The maximum atomic E-state index is 9.09. The van der Waals surface area contributed by atoms with Crippen LogP contribution in [-0.2, 0) is 9.47 Å². The number of hydrogen-bond donors (Lipinski definition) is 2. The van der Waals surface area contributed by atoms with Crippen LogP contribution in [0, 0.1) is 5.92 Å². The Hall–Kier alpha value is -0.160. The van der Waals surface area contributed by atoms with E-state index in [1.54, 1.807) is 0 Å². The first-order valence-corrected chi connectivity index (χ1v) is 7.32. The number of rotatable bonds is 2. The molecule has 0 aromatic heterocycles. The van der Waals surface area contributed by atoms with Crippen molar-refractivity contribution in [1.29, 1.82) is 0 Å². The standard InChI is InChI=1S/C14H25NO3/c1-13-5-6-14(17-8-9-18-14)10-11(13)2-3-12(15-13)4-7-16/h11-12,15-16H,2-10H2,1H3. The molecule has 0 amide bonds. The van der Waals surface area contributed by atoms with Crippen molar-refractivity contribution in [2.75, 3.05) is 19.8 Å². The van der Waals surface area contributed by atoms with E-state index >= 15 is 0 Å². The summed E-state index contributed by atoms with van der Waals surface area (Å²) in [7, 11) is 0. The summed E-state index contributed by atoms with van der Waals surface area (Å²) in [5, 5.41) is 12.9. The molecule has 3 atom stereocenters. The largest absolute Gasteiger partial charge is 0.396 e. The molecular formula is C14H25NO3. The number of aliphatic hydroxyl groups is 1. The van der Waals surface area contributed by atoms with Gasteiger partial charge in [0.25, 0.3) is 0 Å². The minimum atomic E-state index is -0.268. The van der Waals surface area contributed by atoms with E-state index in [2.05, 4.69) is 12.2 Å². The zero-order valence-corrected chi connectivity index (χ0v) is 11.3. The number of hydrogen-bond acceptors (Lipinski definition) is 4. The SMILES string of the molecule is CC12CCC3(CC1CCC(CCO)N2)OCCO3. The molecule has 1 spiro atoms. The summed E-state index contributed by atoms with van der Waals surface area (Å²) in [6.07, 6.45) is 6.40. The summed E-state index contributed by atoms with van der Waals surface area (Å²) >= 11 is 0. The summed E-state index contributed by atoms with van der Waals surface area (Å²) in [6, 6.07) is 0.482. The van der Waals surface area contributed by atoms with Crippen molar-refractivity contribution in [2.45, 2.75) is 62.8 Å². The average Bonchev–Trinajstić information content (AvgIpc) is 2.80. The molecule has 2 heterocycles. The van der Waals surface area contributed by atoms with Crippen LogP contribution in [0.1, 0.15) is 45.4 Å². The lowest BCUT2D eigenvalue weighted by molar-refractivity contribution is -0.203. The lowest BCUT2D eigenvalue weighted by Gasteiger charge is -2.52. The second kappa shape index (κ2) is 4.75. The van der Waals surface area contributed by atoms with E-state index in [0.29, 0.717) is 12.0 Å². The fourth-order valence-corrected chi connectivity index (χ4v) is 4.04. The van der Waals surface area contributed by atoms with Gasteiger partial charge in [-0.2, -0.15) is 0 Å². The lowest BCUT2D eigenvalue weighted by Crippen LogP contribution is -2.61. The van der Waals surface area contributed by atoms with Crippen molar-refractivity contribution in [1.82, 2.24) is 5.32 Å². The topological polar surface area (TPSA) is 50.7 Å². The van der Waals surface area contributed by atoms with Crippen molar-refractivity contribution < 1.29 is 14.6 Å². The number of nitrogens with one attached hydrogen (secondary N) is 1. The fourth-order valence-electron chi connectivity index (χ4n) is 4.04. The summed E-state index contributed by atoms with van der Waals surface area (Å²) in [5.41, 5.74) is 0.207. The van der Waals surface area contributed by atoms with E-state index < -0.39 is 0 Å². The third-order valence-corrected chi connectivity index (χ3v) is 5.17. The second-order valence-electron chi connectivity index (χ2n) is 6.36. The third kappa shape index (κ3) is 2.20. The molecule has 3 fully saturated rings. The van der Waals surface area contributed by atoms with Gasteiger partial charge in [-0.15, -0.1) is 0 Å². The van der Waals surface area contributed by atoms with Gasteiger partial charge in [0.1, 0.15) is 0 Å². The first-order chi connectivity index (χ1) is 8.66. The van der Waals surface area contributed by atoms with Crippen LogP contribution < -0.4 is 5.32 Å². The van der Waals surface area contributed by atoms with Crippen molar-refractivity contribution >= 4 is 0 Å². The van der Waals surface area contributed by atoms with Crippen molar-refractivity contribution in [3.63, 3.8) is 0 Å². The van der Waals surface area contributed by atoms with E-state index in [1.807, 2.05) is 0 Å². The van der Waals surface area contributed by atoms with Gasteiger partial charge in [0.15, 0.2) is 5.79 Å². The van der Waals surface area contributed by atoms with Crippen LogP contribution in [0.3, 0.4) is 0 Å². The number of ether oxygens (including phenoxy) is 2. The highest BCUT2D eigenvalue weighted by molar-refractivity contribution is 5.03. The van der Waals surface area contributed by atoms with E-state index in [0.717, 1.165) is 45.3 Å². The third-order valence-electron chi connectivity index (χ3n) is 5.17. The molecule has 0 aromatic rings. The highest BCUT2D eigenvalue weighted by Crippen LogP contribution is 2.47. The Kier molecular flexibility index (Phi) is 3.39. The molecule has 3 rings (SSSR count). The van der Waals surface area contributed by atoms with Crippen molar-refractivity contribution in [3.05, 3.63) is 0 Å². The van der Waals surface area contributed by atoms with Crippen LogP contribution in [0.25, 0.3) is 0 Å². The van der Waals surface area contributed by atoms with Gasteiger partial charge >= 0.3 is 0 Å². The van der Waals surface area contributed by atoms with Gasteiger partial charge in [-0.1, -0.05) is 0 Å². The van der Waals surface area contributed by atoms with Crippen molar-refractivity contribution in [3.8, 4) is 0 Å². The minimum Gasteiger partial charge on any atom is -0.396 e. The van der Waals surface area contributed by atoms with Crippen LogP contribution in [0.2, 0.25) is 0 Å². The van der Waals surface area contributed by atoms with E-state index in [-0.39, 0.29) is 17.9 Å². The molecule has 18 heavy (non-hydrogen) atoms. The highest BCUT2D eigenvalue weighted by atomic mass is 16.7. The summed E-state index contributed by atoms with van der Waals surface area (Å²) < 4.78 is 11.7. The zero-order valence-electron chi connectivity index (χ0n) is 11.3. The Bertz CT molecular complexity index is 303. The molecule has 4 heteroatoms. The van der Waals surface area contributed by atoms with Gasteiger partial charge in [-0.25, -0.2) is 0 Å². The summed E-state index contributed by atoms with van der Waals surface area (Å²) in [6.45, 7) is 4.13. The molecule has 2 aliphatic heterocycles. The zero-order chi connectivity index (χ0) is 12.6. The molecule has 0 bridgehead atoms. The predicted octanol–water partition coefficient (Wildman–Crippen LogP) is 1.42. The molecular weight excluding hydrogens is 230 g/mol. The maximum absolute atomic E-state index is 9.09. The first-order valence-electron chi connectivity index (χ1n) is 7.32. The molecule has 1 aliphatic carbocycles. The molecule has 3 unspecified atom stereocenters. The molecule has 2 N–H and O–H groups in total. The first kappa shape index (κ1) is 12.9. The molecule has 0 aromatic carbocycles. The summed E-state index contributed by atoms with van der Waals surface area (Å²) in [4.78, 5) is 0. The van der Waals surface area contributed by atoms with E-state index in [9.17, 15) is 0 Å². The van der Waals surface area contributed by atoms with Gasteiger partial charge in [0.05, 0.1) is 13.2 Å². The molecule has 2 saturated heterocycles. The van der Waals surface area contributed by atoms with Gasteiger partial charge in [0, 0.05) is 31.0 Å². The monoisotopic (exact) mass is 255 g/mol. The van der Waals surface area contributed by atoms with Gasteiger partial charge in [-0.3, -0.25) is 0 Å². The van der Waals surface area contributed by atoms with Crippen LogP contribution in [0.15, 0.2) is 0 Å². The second-order valence-corrected chi connectivity index (χ2v) is 6.36. The maximum Gasteiger partial charge on any atom is 0.168 e. The number of fused-ring (bicyclic) bond motifs is 1. The molecule has 3 aliphatic rings. The quantitative estimate of drug-likeness (QED) is 0.783. The van der Waals surface area contributed by atoms with Crippen molar-refractivity contribution in [2.24, 2.45) is 5.92 Å². The van der Waals surface area contributed by atoms with Gasteiger partial charge < -0.3 is 19.9 Å². The Morgan fingerprint density at radius 1 is 1.22 bits per heavy atom. The van der Waals surface area contributed by atoms with E-state index in [1.165, 1.54) is 6.42 Å². The van der Waals surface area contributed by atoms with Crippen LogP contribution in [-0.4, -0.2) is 42.3 Å². The Morgan fingerprint density at radius 3 is 2.72 bits per heavy atom. The number of aliphatic hydroxyl groups excluding tert-OH is 1. The smallest absolute Gasteiger partial charge is 0.168 e. The van der Waals surface area contributed by atoms with Crippen LogP contribution in [0.4, 0.5) is 0 Å². The molecule has 0 radical (unpaired) electrons.